The highest BCUT2D eigenvalue weighted by molar-refractivity contribution is 7.90. The van der Waals surface area contributed by atoms with Gasteiger partial charge in [-0.25, -0.2) is 0 Å². The Labute approximate surface area is 148 Å². The maximum atomic E-state index is 12.6. The quantitative estimate of drug-likeness (QED) is 0.622. The number of hydrogen-bond donors (Lipinski definition) is 1. The highest BCUT2D eigenvalue weighted by Gasteiger charge is 2.23. The van der Waals surface area contributed by atoms with Gasteiger partial charge in [0.15, 0.2) is 0 Å². The first-order chi connectivity index (χ1) is 11.1. The predicted octanol–water partition coefficient (Wildman–Crippen LogP) is 4.89. The first kappa shape index (κ1) is 18.5. The maximum absolute atomic E-state index is 12.6. The minimum atomic E-state index is -3.79. The zero-order valence-electron chi connectivity index (χ0n) is 14.2. The fraction of sp³-hybridized carbons (Fsp3) is 0.278. The summed E-state index contributed by atoms with van der Waals surface area (Å²) in [6, 6.07) is 13.7. The van der Waals surface area contributed by atoms with Gasteiger partial charge in [0.05, 0.1) is 4.90 Å². The average molecular weight is 365 g/mol. The molecule has 2 aromatic carbocycles. The van der Waals surface area contributed by atoms with Crippen LogP contribution in [0.5, 0.6) is 0 Å². The molecule has 1 N–H and O–H groups in total. The summed E-state index contributed by atoms with van der Waals surface area (Å²) in [5, 5.41) is 3.71. The molecule has 0 fully saturated rings. The summed E-state index contributed by atoms with van der Waals surface area (Å²) >= 11 is 5.88. The van der Waals surface area contributed by atoms with E-state index in [-0.39, 0.29) is 4.90 Å². The molecule has 0 saturated carbocycles. The van der Waals surface area contributed by atoms with E-state index in [0.717, 1.165) is 11.3 Å². The molecule has 2 rings (SSSR count). The van der Waals surface area contributed by atoms with E-state index in [9.17, 15) is 8.42 Å². The zero-order chi connectivity index (χ0) is 18.0. The Balaban J connectivity index is 2.41. The predicted molar refractivity (Wildman–Crippen MR) is 100 cm³/mol. The fourth-order valence-corrected chi connectivity index (χ4v) is 3.17. The number of anilines is 1. The molecule has 24 heavy (non-hydrogen) atoms. The number of amidine groups is 1. The van der Waals surface area contributed by atoms with Crippen molar-refractivity contribution in [2.75, 3.05) is 5.32 Å². The van der Waals surface area contributed by atoms with Crippen molar-refractivity contribution in [1.82, 2.24) is 0 Å². The summed E-state index contributed by atoms with van der Waals surface area (Å²) in [4.78, 5) is 0.174. The molecule has 0 spiro atoms. The van der Waals surface area contributed by atoms with Crippen molar-refractivity contribution in [3.63, 3.8) is 0 Å². The Kier molecular flexibility index (Phi) is 5.35. The number of halogens is 1. The highest BCUT2D eigenvalue weighted by Crippen LogP contribution is 2.23. The Morgan fingerprint density at radius 3 is 2.04 bits per heavy atom. The van der Waals surface area contributed by atoms with Crippen LogP contribution in [0.4, 0.5) is 5.69 Å². The summed E-state index contributed by atoms with van der Waals surface area (Å²) in [7, 11) is -3.79. The standard InChI is InChI=1S/C18H21ClN2O2S/c1-13-5-11-16(12-6-13)24(22,23)21-17(18(2,3)4)20-15-9-7-14(19)8-10-15/h5-12H,1-4H3,(H,20,21). The normalized spacial score (nSPS) is 13.0. The summed E-state index contributed by atoms with van der Waals surface area (Å²) in [6.07, 6.45) is 0. The van der Waals surface area contributed by atoms with Crippen LogP contribution in [0.1, 0.15) is 26.3 Å². The third kappa shape index (κ3) is 4.82. The van der Waals surface area contributed by atoms with E-state index in [0.29, 0.717) is 10.9 Å². The third-order valence-electron chi connectivity index (χ3n) is 3.35. The molecule has 0 atom stereocenters. The molecule has 128 valence electrons. The number of sulfonamides is 1. The van der Waals surface area contributed by atoms with Crippen molar-refractivity contribution < 1.29 is 8.42 Å². The van der Waals surface area contributed by atoms with Gasteiger partial charge in [-0.3, -0.25) is 0 Å². The average Bonchev–Trinajstić information content (AvgIpc) is 2.48. The molecule has 4 nitrogen and oxygen atoms in total. The maximum Gasteiger partial charge on any atom is 0.283 e. The number of benzene rings is 2. The molecular formula is C18H21ClN2O2S. The fourth-order valence-electron chi connectivity index (χ4n) is 1.90. The first-order valence-corrected chi connectivity index (χ1v) is 9.34. The summed E-state index contributed by atoms with van der Waals surface area (Å²) in [6.45, 7) is 7.61. The van der Waals surface area contributed by atoms with E-state index >= 15 is 0 Å². The highest BCUT2D eigenvalue weighted by atomic mass is 35.5. The minimum Gasteiger partial charge on any atom is -0.343 e. The first-order valence-electron chi connectivity index (χ1n) is 7.53. The summed E-state index contributed by atoms with van der Waals surface area (Å²) < 4.78 is 29.2. The Morgan fingerprint density at radius 2 is 1.54 bits per heavy atom. The molecule has 0 unspecified atom stereocenters. The van der Waals surface area contributed by atoms with Crippen LogP contribution in [-0.2, 0) is 10.0 Å². The van der Waals surface area contributed by atoms with Crippen LogP contribution in [-0.4, -0.2) is 14.3 Å². The van der Waals surface area contributed by atoms with Crippen LogP contribution in [0.2, 0.25) is 5.02 Å². The van der Waals surface area contributed by atoms with Crippen LogP contribution in [0, 0.1) is 12.3 Å². The van der Waals surface area contributed by atoms with E-state index < -0.39 is 15.4 Å². The second-order valence-corrected chi connectivity index (χ2v) is 8.65. The smallest absolute Gasteiger partial charge is 0.283 e. The van der Waals surface area contributed by atoms with Gasteiger partial charge in [-0.15, -0.1) is 4.40 Å². The lowest BCUT2D eigenvalue weighted by atomic mass is 9.95. The molecular weight excluding hydrogens is 344 g/mol. The van der Waals surface area contributed by atoms with Gasteiger partial charge in [0, 0.05) is 16.1 Å². The largest absolute Gasteiger partial charge is 0.343 e. The second kappa shape index (κ2) is 6.95. The van der Waals surface area contributed by atoms with Gasteiger partial charge in [-0.05, 0) is 43.3 Å². The van der Waals surface area contributed by atoms with Gasteiger partial charge in [0.2, 0.25) is 0 Å². The van der Waals surface area contributed by atoms with Crippen molar-refractivity contribution in [1.29, 1.82) is 0 Å². The van der Waals surface area contributed by atoms with E-state index in [1.165, 1.54) is 0 Å². The third-order valence-corrected chi connectivity index (χ3v) is 4.89. The molecule has 0 aliphatic heterocycles. The van der Waals surface area contributed by atoms with Crippen molar-refractivity contribution in [2.24, 2.45) is 9.81 Å². The number of nitrogens with one attached hydrogen (secondary N) is 1. The van der Waals surface area contributed by atoms with Crippen LogP contribution in [0.3, 0.4) is 0 Å². The topological polar surface area (TPSA) is 58.5 Å². The monoisotopic (exact) mass is 364 g/mol. The molecule has 0 saturated heterocycles. The van der Waals surface area contributed by atoms with Crippen molar-refractivity contribution in [3.05, 3.63) is 59.1 Å². The minimum absolute atomic E-state index is 0.174. The van der Waals surface area contributed by atoms with Gasteiger partial charge in [-0.1, -0.05) is 50.1 Å². The van der Waals surface area contributed by atoms with E-state index in [4.69, 9.17) is 11.6 Å². The van der Waals surface area contributed by atoms with Crippen LogP contribution in [0.15, 0.2) is 57.8 Å². The summed E-state index contributed by atoms with van der Waals surface area (Å²) in [5.74, 6) is 0.366. The van der Waals surface area contributed by atoms with Gasteiger partial charge >= 0.3 is 0 Å². The molecule has 2 aromatic rings. The van der Waals surface area contributed by atoms with Gasteiger partial charge in [0.1, 0.15) is 5.84 Å². The molecule has 0 aliphatic rings. The lowest BCUT2D eigenvalue weighted by Gasteiger charge is -2.22. The molecule has 0 amide bonds. The van der Waals surface area contributed by atoms with Gasteiger partial charge in [-0.2, -0.15) is 8.42 Å². The number of nitrogens with zero attached hydrogens (tertiary/aromatic N) is 1. The summed E-state index contributed by atoms with van der Waals surface area (Å²) in [5.41, 5.74) is 1.25. The number of aryl methyl sites for hydroxylation is 1. The lowest BCUT2D eigenvalue weighted by Crippen LogP contribution is -2.29. The van der Waals surface area contributed by atoms with Gasteiger partial charge in [0.25, 0.3) is 10.0 Å². The SMILES string of the molecule is Cc1ccc(S(=O)(=O)/N=C(/Nc2ccc(Cl)cc2)C(C)(C)C)cc1. The van der Waals surface area contributed by atoms with E-state index in [2.05, 4.69) is 9.71 Å². The van der Waals surface area contributed by atoms with E-state index in [1.807, 2.05) is 27.7 Å². The second-order valence-electron chi connectivity index (χ2n) is 6.61. The molecule has 0 aliphatic carbocycles. The van der Waals surface area contributed by atoms with Crippen molar-refractivity contribution in [2.45, 2.75) is 32.6 Å². The number of hydrogen-bond acceptors (Lipinski definition) is 2. The molecule has 0 radical (unpaired) electrons. The molecule has 0 bridgehead atoms. The zero-order valence-corrected chi connectivity index (χ0v) is 15.7. The lowest BCUT2D eigenvalue weighted by molar-refractivity contribution is 0.580. The Morgan fingerprint density at radius 1 is 1.00 bits per heavy atom. The number of rotatable bonds is 3. The van der Waals surface area contributed by atoms with Crippen molar-refractivity contribution in [3.8, 4) is 0 Å². The van der Waals surface area contributed by atoms with Crippen LogP contribution < -0.4 is 5.32 Å². The van der Waals surface area contributed by atoms with Crippen molar-refractivity contribution >= 4 is 33.1 Å². The molecule has 6 heteroatoms. The molecule has 0 aromatic heterocycles. The Hall–Kier alpha value is -1.85. The van der Waals surface area contributed by atoms with Crippen LogP contribution in [0.25, 0.3) is 0 Å². The molecule has 0 heterocycles. The van der Waals surface area contributed by atoms with Gasteiger partial charge < -0.3 is 5.32 Å². The Bertz CT molecular complexity index is 834. The van der Waals surface area contributed by atoms with Crippen LogP contribution >= 0.6 is 11.6 Å². The van der Waals surface area contributed by atoms with E-state index in [1.54, 1.807) is 48.5 Å².